The SMILES string of the molecule is NC[C@@H]1CCCc2cc(Oc3ccc(F)cc3F)ccc21. The van der Waals surface area contributed by atoms with Crippen LogP contribution in [0.4, 0.5) is 8.78 Å². The van der Waals surface area contributed by atoms with Crippen molar-refractivity contribution in [2.24, 2.45) is 5.73 Å². The van der Waals surface area contributed by atoms with Crippen LogP contribution in [0.3, 0.4) is 0 Å². The van der Waals surface area contributed by atoms with E-state index in [2.05, 4.69) is 0 Å². The van der Waals surface area contributed by atoms with E-state index in [0.29, 0.717) is 18.2 Å². The fourth-order valence-corrected chi connectivity index (χ4v) is 2.88. The number of rotatable bonds is 3. The van der Waals surface area contributed by atoms with Gasteiger partial charge in [0.25, 0.3) is 0 Å². The van der Waals surface area contributed by atoms with Crippen LogP contribution in [0.1, 0.15) is 29.9 Å². The Morgan fingerprint density at radius 1 is 1.14 bits per heavy atom. The first-order valence-corrected chi connectivity index (χ1v) is 7.13. The summed E-state index contributed by atoms with van der Waals surface area (Å²) in [6.45, 7) is 0.639. The van der Waals surface area contributed by atoms with Crippen LogP contribution < -0.4 is 10.5 Å². The number of benzene rings is 2. The van der Waals surface area contributed by atoms with Crippen LogP contribution in [-0.4, -0.2) is 6.54 Å². The molecule has 0 amide bonds. The Labute approximate surface area is 122 Å². The molecule has 0 spiro atoms. The Morgan fingerprint density at radius 2 is 2.00 bits per heavy atom. The predicted molar refractivity (Wildman–Crippen MR) is 77.6 cm³/mol. The molecule has 2 N–H and O–H groups in total. The molecule has 4 heteroatoms. The summed E-state index contributed by atoms with van der Waals surface area (Å²) in [6, 6.07) is 9.05. The van der Waals surface area contributed by atoms with Gasteiger partial charge in [0, 0.05) is 6.07 Å². The molecule has 0 unspecified atom stereocenters. The molecule has 21 heavy (non-hydrogen) atoms. The second-order valence-electron chi connectivity index (χ2n) is 5.36. The monoisotopic (exact) mass is 289 g/mol. The molecule has 0 aromatic heterocycles. The van der Waals surface area contributed by atoms with Crippen molar-refractivity contribution >= 4 is 0 Å². The summed E-state index contributed by atoms with van der Waals surface area (Å²) in [4.78, 5) is 0. The van der Waals surface area contributed by atoms with Crippen LogP contribution in [0.25, 0.3) is 0 Å². The number of ether oxygens (including phenoxy) is 1. The molecule has 1 aliphatic carbocycles. The maximum atomic E-state index is 13.6. The first-order chi connectivity index (χ1) is 10.2. The van der Waals surface area contributed by atoms with E-state index in [1.165, 1.54) is 23.3 Å². The van der Waals surface area contributed by atoms with Gasteiger partial charge in [0.1, 0.15) is 11.6 Å². The highest BCUT2D eigenvalue weighted by Gasteiger charge is 2.19. The van der Waals surface area contributed by atoms with Crippen molar-refractivity contribution < 1.29 is 13.5 Å². The molecular weight excluding hydrogens is 272 g/mol. The maximum absolute atomic E-state index is 13.6. The standard InChI is InChI=1S/C17H17F2NO/c18-13-4-7-17(16(19)9-13)21-14-5-6-15-11(8-14)2-1-3-12(15)10-20/h4-9,12H,1-3,10,20H2/t12-/m0/s1. The van der Waals surface area contributed by atoms with Gasteiger partial charge in [0.05, 0.1) is 0 Å². The summed E-state index contributed by atoms with van der Waals surface area (Å²) < 4.78 is 32.0. The third-order valence-corrected chi connectivity index (χ3v) is 3.96. The van der Waals surface area contributed by atoms with E-state index in [1.807, 2.05) is 18.2 Å². The van der Waals surface area contributed by atoms with Crippen LogP contribution in [0.2, 0.25) is 0 Å². The van der Waals surface area contributed by atoms with Gasteiger partial charge in [-0.15, -0.1) is 0 Å². The predicted octanol–water partition coefficient (Wildman–Crippen LogP) is 4.14. The van der Waals surface area contributed by atoms with E-state index in [1.54, 1.807) is 0 Å². The lowest BCUT2D eigenvalue weighted by Gasteiger charge is -2.24. The van der Waals surface area contributed by atoms with Crippen molar-refractivity contribution in [2.75, 3.05) is 6.54 Å². The Hall–Kier alpha value is -1.94. The van der Waals surface area contributed by atoms with Gasteiger partial charge in [-0.1, -0.05) is 6.07 Å². The number of nitrogens with two attached hydrogens (primary N) is 1. The molecule has 1 aliphatic rings. The molecule has 0 radical (unpaired) electrons. The normalized spacial score (nSPS) is 17.4. The summed E-state index contributed by atoms with van der Waals surface area (Å²) in [5.74, 6) is -0.326. The Kier molecular flexibility index (Phi) is 3.88. The average molecular weight is 289 g/mol. The van der Waals surface area contributed by atoms with Gasteiger partial charge in [-0.05, 0) is 67.1 Å². The summed E-state index contributed by atoms with van der Waals surface area (Å²) in [7, 11) is 0. The fourth-order valence-electron chi connectivity index (χ4n) is 2.88. The van der Waals surface area contributed by atoms with Crippen LogP contribution >= 0.6 is 0 Å². The quantitative estimate of drug-likeness (QED) is 0.921. The van der Waals surface area contributed by atoms with Crippen molar-refractivity contribution in [3.05, 3.63) is 59.2 Å². The Balaban J connectivity index is 1.87. The summed E-state index contributed by atoms with van der Waals surface area (Å²) in [6.07, 6.45) is 3.19. The number of aryl methyl sites for hydroxylation is 1. The Bertz CT molecular complexity index is 657. The zero-order valence-corrected chi connectivity index (χ0v) is 11.6. The zero-order chi connectivity index (χ0) is 14.8. The summed E-state index contributed by atoms with van der Waals surface area (Å²) in [5, 5.41) is 0. The topological polar surface area (TPSA) is 35.2 Å². The van der Waals surface area contributed by atoms with Crippen LogP contribution in [0, 0.1) is 11.6 Å². The highest BCUT2D eigenvalue weighted by Crippen LogP contribution is 2.34. The zero-order valence-electron chi connectivity index (χ0n) is 11.6. The van der Waals surface area contributed by atoms with E-state index < -0.39 is 11.6 Å². The minimum atomic E-state index is -0.701. The van der Waals surface area contributed by atoms with E-state index >= 15 is 0 Å². The average Bonchev–Trinajstić information content (AvgIpc) is 2.49. The van der Waals surface area contributed by atoms with Gasteiger partial charge in [-0.25, -0.2) is 8.78 Å². The lowest BCUT2D eigenvalue weighted by atomic mass is 9.83. The second-order valence-corrected chi connectivity index (χ2v) is 5.36. The van der Waals surface area contributed by atoms with Gasteiger partial charge >= 0.3 is 0 Å². The fraction of sp³-hybridized carbons (Fsp3) is 0.294. The number of hydrogen-bond donors (Lipinski definition) is 1. The molecule has 3 rings (SSSR count). The molecule has 0 aliphatic heterocycles. The minimum absolute atomic E-state index is 0.0301. The van der Waals surface area contributed by atoms with Gasteiger partial charge in [-0.3, -0.25) is 0 Å². The molecule has 2 nitrogen and oxygen atoms in total. The molecule has 0 fully saturated rings. The molecule has 110 valence electrons. The summed E-state index contributed by atoms with van der Waals surface area (Å²) in [5.41, 5.74) is 8.26. The van der Waals surface area contributed by atoms with Crippen molar-refractivity contribution in [2.45, 2.75) is 25.2 Å². The van der Waals surface area contributed by atoms with Crippen molar-refractivity contribution in [1.29, 1.82) is 0 Å². The van der Waals surface area contributed by atoms with Crippen LogP contribution in [0.15, 0.2) is 36.4 Å². The highest BCUT2D eigenvalue weighted by atomic mass is 19.1. The second kappa shape index (κ2) is 5.82. The molecule has 0 heterocycles. The minimum Gasteiger partial charge on any atom is -0.454 e. The van der Waals surface area contributed by atoms with Crippen LogP contribution in [0.5, 0.6) is 11.5 Å². The van der Waals surface area contributed by atoms with Gasteiger partial charge < -0.3 is 10.5 Å². The molecule has 2 aromatic rings. The van der Waals surface area contributed by atoms with Crippen molar-refractivity contribution in [1.82, 2.24) is 0 Å². The number of fused-ring (bicyclic) bond motifs is 1. The molecule has 0 saturated carbocycles. The summed E-state index contributed by atoms with van der Waals surface area (Å²) >= 11 is 0. The van der Waals surface area contributed by atoms with E-state index in [0.717, 1.165) is 25.3 Å². The lowest BCUT2D eigenvalue weighted by molar-refractivity contribution is 0.436. The molecule has 2 aromatic carbocycles. The highest BCUT2D eigenvalue weighted by molar-refractivity contribution is 5.41. The van der Waals surface area contributed by atoms with Gasteiger partial charge in [-0.2, -0.15) is 0 Å². The van der Waals surface area contributed by atoms with Gasteiger partial charge in [0.15, 0.2) is 11.6 Å². The third-order valence-electron chi connectivity index (χ3n) is 3.96. The van der Waals surface area contributed by atoms with E-state index in [9.17, 15) is 8.78 Å². The molecular formula is C17H17F2NO. The molecule has 0 bridgehead atoms. The largest absolute Gasteiger partial charge is 0.454 e. The van der Waals surface area contributed by atoms with Crippen LogP contribution in [-0.2, 0) is 6.42 Å². The van der Waals surface area contributed by atoms with Crippen molar-refractivity contribution in [3.63, 3.8) is 0 Å². The first-order valence-electron chi connectivity index (χ1n) is 7.13. The van der Waals surface area contributed by atoms with Gasteiger partial charge in [0.2, 0.25) is 0 Å². The Morgan fingerprint density at radius 3 is 2.76 bits per heavy atom. The first kappa shape index (κ1) is 14.0. The smallest absolute Gasteiger partial charge is 0.168 e. The van der Waals surface area contributed by atoms with E-state index in [-0.39, 0.29) is 5.75 Å². The number of halogens is 2. The lowest BCUT2D eigenvalue weighted by Crippen LogP contribution is -2.18. The third kappa shape index (κ3) is 2.90. The molecule has 0 saturated heterocycles. The van der Waals surface area contributed by atoms with Crippen molar-refractivity contribution in [3.8, 4) is 11.5 Å². The molecule has 1 atom stereocenters. The number of hydrogen-bond acceptors (Lipinski definition) is 2. The maximum Gasteiger partial charge on any atom is 0.168 e. The van der Waals surface area contributed by atoms with E-state index in [4.69, 9.17) is 10.5 Å².